The summed E-state index contributed by atoms with van der Waals surface area (Å²) in [6.45, 7) is 8.01. The molecule has 31 heavy (non-hydrogen) atoms. The Morgan fingerprint density at radius 2 is 1.90 bits per heavy atom. The lowest BCUT2D eigenvalue weighted by Crippen LogP contribution is -2.45. The summed E-state index contributed by atoms with van der Waals surface area (Å²) in [6, 6.07) is 7.45. The number of aliphatic hydroxyl groups excluding tert-OH is 1. The lowest BCUT2D eigenvalue weighted by molar-refractivity contribution is 0.127. The van der Waals surface area contributed by atoms with E-state index >= 15 is 0 Å². The second kappa shape index (κ2) is 8.94. The van der Waals surface area contributed by atoms with E-state index in [1.165, 1.54) is 11.1 Å². The molecule has 1 aliphatic carbocycles. The third-order valence-electron chi connectivity index (χ3n) is 6.44. The van der Waals surface area contributed by atoms with Crippen molar-refractivity contribution in [1.82, 2.24) is 20.0 Å². The van der Waals surface area contributed by atoms with Crippen molar-refractivity contribution in [1.29, 1.82) is 0 Å². The molecule has 4 rings (SSSR count). The van der Waals surface area contributed by atoms with E-state index in [4.69, 9.17) is 0 Å². The quantitative estimate of drug-likeness (QED) is 0.759. The zero-order valence-electron chi connectivity index (χ0n) is 18.8. The lowest BCUT2D eigenvalue weighted by Gasteiger charge is -2.37. The van der Waals surface area contributed by atoms with Crippen LogP contribution in [0.1, 0.15) is 71.0 Å². The van der Waals surface area contributed by atoms with Gasteiger partial charge in [-0.3, -0.25) is 4.79 Å². The van der Waals surface area contributed by atoms with Gasteiger partial charge in [-0.1, -0.05) is 20.8 Å². The molecule has 2 aromatic heterocycles. The maximum absolute atomic E-state index is 12.4. The Morgan fingerprint density at radius 3 is 2.58 bits per heavy atom. The molecule has 0 aromatic carbocycles. The van der Waals surface area contributed by atoms with Gasteiger partial charge in [0.25, 0.3) is 5.56 Å². The van der Waals surface area contributed by atoms with Gasteiger partial charge < -0.3 is 15.3 Å². The smallest absolute Gasteiger partial charge is 0.267 e. The number of hydrogen-bond donors (Lipinski definition) is 2. The highest BCUT2D eigenvalue weighted by atomic mass is 16.3. The third-order valence-corrected chi connectivity index (χ3v) is 6.44. The molecule has 1 aliphatic heterocycles. The van der Waals surface area contributed by atoms with Gasteiger partial charge >= 0.3 is 0 Å². The van der Waals surface area contributed by atoms with E-state index < -0.39 is 6.10 Å². The fraction of sp³-hybridized carbons (Fsp3) is 0.652. The maximum atomic E-state index is 12.4. The second-order valence-corrected chi connectivity index (χ2v) is 9.82. The summed E-state index contributed by atoms with van der Waals surface area (Å²) in [7, 11) is 0. The van der Waals surface area contributed by atoms with Crippen molar-refractivity contribution in [2.75, 3.05) is 23.3 Å². The van der Waals surface area contributed by atoms with Crippen LogP contribution in [0.5, 0.6) is 0 Å². The molecule has 2 N–H and O–H groups in total. The molecule has 8 heteroatoms. The summed E-state index contributed by atoms with van der Waals surface area (Å²) in [5.74, 6) is 1.57. The number of piperidine rings is 1. The molecular formula is C23H34N6O2. The Bertz CT molecular complexity index is 936. The Morgan fingerprint density at radius 1 is 1.06 bits per heavy atom. The van der Waals surface area contributed by atoms with Gasteiger partial charge in [-0.05, 0) is 56.7 Å². The van der Waals surface area contributed by atoms with E-state index in [1.54, 1.807) is 6.07 Å². The number of rotatable bonds is 5. The summed E-state index contributed by atoms with van der Waals surface area (Å²) in [5, 5.41) is 27.1. The summed E-state index contributed by atoms with van der Waals surface area (Å²) >= 11 is 0. The summed E-state index contributed by atoms with van der Waals surface area (Å²) in [6.07, 6.45) is 5.28. The van der Waals surface area contributed by atoms with Crippen LogP contribution in [0.25, 0.3) is 0 Å². The van der Waals surface area contributed by atoms with Gasteiger partial charge in [0, 0.05) is 30.6 Å². The number of aliphatic hydroxyl groups is 1. The molecule has 3 heterocycles. The number of anilines is 2. The summed E-state index contributed by atoms with van der Waals surface area (Å²) < 4.78 is 1.50. The minimum absolute atomic E-state index is 0.0205. The average Bonchev–Trinajstić information content (AvgIpc) is 3.18. The van der Waals surface area contributed by atoms with Crippen molar-refractivity contribution in [3.05, 3.63) is 40.3 Å². The van der Waals surface area contributed by atoms with Crippen molar-refractivity contribution in [2.45, 2.75) is 82.9 Å². The maximum Gasteiger partial charge on any atom is 0.267 e. The molecule has 0 radical (unpaired) electrons. The van der Waals surface area contributed by atoms with Gasteiger partial charge in [0.05, 0.1) is 17.8 Å². The Hall–Kier alpha value is -2.48. The molecule has 2 aromatic rings. The van der Waals surface area contributed by atoms with E-state index in [0.29, 0.717) is 0 Å². The first-order valence-corrected chi connectivity index (χ1v) is 11.5. The number of nitrogens with one attached hydrogen (secondary N) is 1. The Kier molecular flexibility index (Phi) is 6.27. The first-order valence-electron chi connectivity index (χ1n) is 11.5. The number of hydrogen-bond acceptors (Lipinski definition) is 7. The first kappa shape index (κ1) is 21.7. The van der Waals surface area contributed by atoms with Crippen LogP contribution in [0.4, 0.5) is 11.6 Å². The molecular weight excluding hydrogens is 392 g/mol. The van der Waals surface area contributed by atoms with E-state index in [9.17, 15) is 9.90 Å². The van der Waals surface area contributed by atoms with Crippen LogP contribution in [-0.4, -0.2) is 50.3 Å². The monoisotopic (exact) mass is 426 g/mol. The first-order chi connectivity index (χ1) is 14.8. The van der Waals surface area contributed by atoms with E-state index in [-0.39, 0.29) is 23.1 Å². The third kappa shape index (κ3) is 4.89. The minimum atomic E-state index is -0.492. The zero-order chi connectivity index (χ0) is 22.0. The molecule has 0 spiro atoms. The molecule has 3 atom stereocenters. The van der Waals surface area contributed by atoms with Gasteiger partial charge in [0.2, 0.25) is 0 Å². The van der Waals surface area contributed by atoms with Gasteiger partial charge in [-0.2, -0.15) is 10.2 Å². The van der Waals surface area contributed by atoms with Crippen molar-refractivity contribution in [3.63, 3.8) is 0 Å². The fourth-order valence-electron chi connectivity index (χ4n) is 4.58. The molecule has 0 bridgehead atoms. The van der Waals surface area contributed by atoms with Gasteiger partial charge in [-0.25, -0.2) is 4.68 Å². The topological polar surface area (TPSA) is 96.2 Å². The van der Waals surface area contributed by atoms with E-state index in [0.717, 1.165) is 62.5 Å². The molecule has 1 saturated carbocycles. The predicted molar refractivity (Wildman–Crippen MR) is 122 cm³/mol. The summed E-state index contributed by atoms with van der Waals surface area (Å²) in [4.78, 5) is 14.7. The predicted octanol–water partition coefficient (Wildman–Crippen LogP) is 2.89. The molecule has 2 aliphatic rings. The number of aromatic nitrogens is 4. The Balaban J connectivity index is 1.48. The van der Waals surface area contributed by atoms with Crippen LogP contribution in [0, 0.1) is 0 Å². The molecule has 168 valence electrons. The average molecular weight is 427 g/mol. The Labute approximate surface area is 183 Å². The van der Waals surface area contributed by atoms with Crippen molar-refractivity contribution < 1.29 is 5.11 Å². The van der Waals surface area contributed by atoms with Gasteiger partial charge in [0.15, 0.2) is 0 Å². The largest absolute Gasteiger partial charge is 0.391 e. The highest BCUT2D eigenvalue weighted by Gasteiger charge is 2.30. The van der Waals surface area contributed by atoms with Crippen LogP contribution < -0.4 is 15.8 Å². The van der Waals surface area contributed by atoms with Crippen molar-refractivity contribution in [2.24, 2.45) is 0 Å². The van der Waals surface area contributed by atoms with Gasteiger partial charge in [-0.15, -0.1) is 5.10 Å². The van der Waals surface area contributed by atoms with Crippen LogP contribution in [0.2, 0.25) is 0 Å². The number of nitrogens with zero attached hydrogens (tertiary/aromatic N) is 5. The molecule has 1 saturated heterocycles. The van der Waals surface area contributed by atoms with Crippen molar-refractivity contribution >= 4 is 11.6 Å². The zero-order valence-corrected chi connectivity index (χ0v) is 18.8. The highest BCUT2D eigenvalue weighted by Crippen LogP contribution is 2.29. The van der Waals surface area contributed by atoms with Crippen LogP contribution in [-0.2, 0) is 5.41 Å². The SMILES string of the molecule is CC(C)(C)c1ccc(NCC2CCCCN2c2ccc(=O)n(C3CCCC3O)n2)nn1. The molecule has 0 amide bonds. The fourth-order valence-corrected chi connectivity index (χ4v) is 4.58. The summed E-state index contributed by atoms with van der Waals surface area (Å²) in [5.41, 5.74) is 0.807. The van der Waals surface area contributed by atoms with Crippen LogP contribution in [0.15, 0.2) is 29.1 Å². The van der Waals surface area contributed by atoms with E-state index in [2.05, 4.69) is 46.3 Å². The molecule has 2 fully saturated rings. The molecule has 8 nitrogen and oxygen atoms in total. The van der Waals surface area contributed by atoms with E-state index in [1.807, 2.05) is 18.2 Å². The lowest BCUT2D eigenvalue weighted by atomic mass is 9.92. The molecule has 3 unspecified atom stereocenters. The van der Waals surface area contributed by atoms with Crippen LogP contribution >= 0.6 is 0 Å². The standard InChI is InChI=1S/C23H34N6O2/c1-23(2,3)19-10-11-20(26-25-19)24-15-16-7-4-5-14-28(16)21-12-13-22(31)29(27-21)17-8-6-9-18(17)30/h10-13,16-18,30H,4-9,14-15H2,1-3H3,(H,24,26). The van der Waals surface area contributed by atoms with Gasteiger partial charge in [0.1, 0.15) is 11.6 Å². The normalized spacial score (nSPS) is 24.4. The highest BCUT2D eigenvalue weighted by molar-refractivity contribution is 5.41. The van der Waals surface area contributed by atoms with Crippen LogP contribution in [0.3, 0.4) is 0 Å². The van der Waals surface area contributed by atoms with Crippen molar-refractivity contribution in [3.8, 4) is 0 Å². The second-order valence-electron chi connectivity index (χ2n) is 9.82. The minimum Gasteiger partial charge on any atom is -0.391 e.